The fourth-order valence-electron chi connectivity index (χ4n) is 6.38. The Labute approximate surface area is 240 Å². The molecule has 9 aromatic rings. The van der Waals surface area contributed by atoms with Gasteiger partial charge in [-0.05, 0) is 51.2 Å². The predicted octanol–water partition coefficient (Wildman–Crippen LogP) is 10.8. The van der Waals surface area contributed by atoms with Gasteiger partial charge in [0.25, 0.3) is 0 Å². The van der Waals surface area contributed by atoms with E-state index in [-0.39, 0.29) is 0 Å². The molecule has 0 saturated carbocycles. The van der Waals surface area contributed by atoms with Crippen molar-refractivity contribution in [2.45, 2.75) is 0 Å². The number of benzene rings is 7. The normalized spacial score (nSPS) is 11.9. The molecule has 190 valence electrons. The van der Waals surface area contributed by atoms with Crippen LogP contribution in [0.25, 0.3) is 86.0 Å². The third-order valence-corrected chi connectivity index (χ3v) is 9.42. The molecule has 0 unspecified atom stereocenters. The summed E-state index contributed by atoms with van der Waals surface area (Å²) in [5.41, 5.74) is 5.75. The van der Waals surface area contributed by atoms with E-state index in [1.165, 1.54) is 52.5 Å². The minimum atomic E-state index is 0.902. The molecule has 0 saturated heterocycles. The average molecular weight is 539 g/mol. The van der Waals surface area contributed by atoms with E-state index in [9.17, 15) is 0 Å². The van der Waals surface area contributed by atoms with Gasteiger partial charge in [0.05, 0.1) is 22.4 Å². The second-order valence-corrected chi connectivity index (χ2v) is 11.6. The topological polar surface area (TPSA) is 25.8 Å². The number of rotatable bonds is 2. The molecule has 41 heavy (non-hydrogen) atoms. The standard InChI is InChI=1S/C38H22N2S/c1-2-10-23(11-3-1)36-37(40-32-16-8-7-15-31(32)39-36)25-19-20-26-24(22-25)18-21-30-34(26)27-12-4-5-13-28(27)35-29-14-6-9-17-33(29)41-38(30)35/h1-22H. The Morgan fingerprint density at radius 2 is 1.02 bits per heavy atom. The number of fused-ring (bicyclic) bond motifs is 11. The van der Waals surface area contributed by atoms with E-state index in [0.717, 1.165) is 33.5 Å². The van der Waals surface area contributed by atoms with Crippen LogP contribution in [0.4, 0.5) is 0 Å². The van der Waals surface area contributed by atoms with E-state index in [1.807, 2.05) is 41.7 Å². The summed E-state index contributed by atoms with van der Waals surface area (Å²) in [5, 5.41) is 10.4. The molecule has 0 atom stereocenters. The van der Waals surface area contributed by atoms with Gasteiger partial charge >= 0.3 is 0 Å². The van der Waals surface area contributed by atoms with Crippen molar-refractivity contribution in [1.29, 1.82) is 0 Å². The quantitative estimate of drug-likeness (QED) is 0.205. The molecule has 7 aromatic carbocycles. The first-order chi connectivity index (χ1) is 20.3. The minimum Gasteiger partial charge on any atom is -0.244 e. The molecule has 0 amide bonds. The van der Waals surface area contributed by atoms with Crippen molar-refractivity contribution >= 4 is 74.9 Å². The summed E-state index contributed by atoms with van der Waals surface area (Å²) in [4.78, 5) is 10.2. The molecule has 0 fully saturated rings. The van der Waals surface area contributed by atoms with Gasteiger partial charge in [0.1, 0.15) is 0 Å². The van der Waals surface area contributed by atoms with E-state index in [1.54, 1.807) is 0 Å². The van der Waals surface area contributed by atoms with E-state index in [2.05, 4.69) is 103 Å². The maximum Gasteiger partial charge on any atom is 0.0973 e. The third kappa shape index (κ3) is 3.36. The van der Waals surface area contributed by atoms with Crippen molar-refractivity contribution in [3.05, 3.63) is 133 Å². The summed E-state index contributed by atoms with van der Waals surface area (Å²) in [7, 11) is 0. The first kappa shape index (κ1) is 22.7. The third-order valence-electron chi connectivity index (χ3n) is 8.22. The summed E-state index contributed by atoms with van der Waals surface area (Å²) in [5.74, 6) is 0. The molecule has 9 rings (SSSR count). The summed E-state index contributed by atoms with van der Waals surface area (Å²) < 4.78 is 2.69. The van der Waals surface area contributed by atoms with Gasteiger partial charge < -0.3 is 0 Å². The molecule has 0 N–H and O–H groups in total. The number of thiophene rings is 1. The Morgan fingerprint density at radius 1 is 0.415 bits per heavy atom. The van der Waals surface area contributed by atoms with Crippen molar-refractivity contribution in [1.82, 2.24) is 9.97 Å². The van der Waals surface area contributed by atoms with Crippen LogP contribution in [-0.2, 0) is 0 Å². The zero-order valence-electron chi connectivity index (χ0n) is 22.0. The first-order valence-electron chi connectivity index (χ1n) is 13.8. The lowest BCUT2D eigenvalue weighted by molar-refractivity contribution is 1.29. The summed E-state index contributed by atoms with van der Waals surface area (Å²) >= 11 is 1.90. The Kier molecular flexibility index (Phi) is 4.80. The Bertz CT molecular complexity index is 2470. The number of para-hydroxylation sites is 2. The SMILES string of the molecule is c1ccc(-c2nc3ccccc3nc2-c2ccc3c(ccc4c5sc6ccccc6c5c5ccccc5c34)c2)cc1. The Balaban J connectivity index is 1.36. The number of hydrogen-bond acceptors (Lipinski definition) is 3. The number of aromatic nitrogens is 2. The minimum absolute atomic E-state index is 0.902. The highest BCUT2D eigenvalue weighted by molar-refractivity contribution is 7.27. The lowest BCUT2D eigenvalue weighted by atomic mass is 9.92. The van der Waals surface area contributed by atoms with Gasteiger partial charge in [0, 0.05) is 36.7 Å². The predicted molar refractivity (Wildman–Crippen MR) is 176 cm³/mol. The second kappa shape index (κ2) is 8.69. The highest BCUT2D eigenvalue weighted by atomic mass is 32.1. The van der Waals surface area contributed by atoms with Crippen molar-refractivity contribution < 1.29 is 0 Å². The van der Waals surface area contributed by atoms with Crippen molar-refractivity contribution in [3.8, 4) is 22.5 Å². The van der Waals surface area contributed by atoms with Gasteiger partial charge in [0.15, 0.2) is 0 Å². The fourth-order valence-corrected chi connectivity index (χ4v) is 7.63. The van der Waals surface area contributed by atoms with E-state index in [0.29, 0.717) is 0 Å². The monoisotopic (exact) mass is 538 g/mol. The van der Waals surface area contributed by atoms with Crippen LogP contribution in [0.1, 0.15) is 0 Å². The molecule has 0 bridgehead atoms. The highest BCUT2D eigenvalue weighted by Gasteiger charge is 2.17. The zero-order valence-corrected chi connectivity index (χ0v) is 22.8. The van der Waals surface area contributed by atoms with Gasteiger partial charge in [-0.1, -0.05) is 109 Å². The molecule has 0 aliphatic rings. The van der Waals surface area contributed by atoms with Crippen LogP contribution in [0.5, 0.6) is 0 Å². The van der Waals surface area contributed by atoms with Gasteiger partial charge in [-0.3, -0.25) is 0 Å². The van der Waals surface area contributed by atoms with Crippen LogP contribution in [0.15, 0.2) is 133 Å². The summed E-state index contributed by atoms with van der Waals surface area (Å²) in [6.45, 7) is 0. The zero-order chi connectivity index (χ0) is 26.9. The van der Waals surface area contributed by atoms with Crippen molar-refractivity contribution in [2.75, 3.05) is 0 Å². The smallest absolute Gasteiger partial charge is 0.0973 e. The molecule has 0 spiro atoms. The summed E-state index contributed by atoms with van der Waals surface area (Å²) in [6.07, 6.45) is 0. The second-order valence-electron chi connectivity index (χ2n) is 10.5. The lowest BCUT2D eigenvalue weighted by Gasteiger charge is -2.13. The van der Waals surface area contributed by atoms with E-state index >= 15 is 0 Å². The number of nitrogens with zero attached hydrogens (tertiary/aromatic N) is 2. The first-order valence-corrected chi connectivity index (χ1v) is 14.7. The van der Waals surface area contributed by atoms with Crippen LogP contribution >= 0.6 is 11.3 Å². The molecule has 0 aliphatic heterocycles. The van der Waals surface area contributed by atoms with Crippen LogP contribution in [-0.4, -0.2) is 9.97 Å². The Morgan fingerprint density at radius 3 is 1.80 bits per heavy atom. The fraction of sp³-hybridized carbons (Fsp3) is 0. The molecular weight excluding hydrogens is 516 g/mol. The molecule has 3 heteroatoms. The van der Waals surface area contributed by atoms with Gasteiger partial charge in [-0.2, -0.15) is 0 Å². The Hall–Kier alpha value is -5.12. The van der Waals surface area contributed by atoms with Crippen LogP contribution in [0, 0.1) is 0 Å². The summed E-state index contributed by atoms with van der Waals surface area (Å²) in [6, 6.07) is 47.5. The van der Waals surface area contributed by atoms with Gasteiger partial charge in [-0.25, -0.2) is 9.97 Å². The van der Waals surface area contributed by atoms with Crippen LogP contribution < -0.4 is 0 Å². The molecule has 2 aromatic heterocycles. The van der Waals surface area contributed by atoms with Crippen LogP contribution in [0.2, 0.25) is 0 Å². The van der Waals surface area contributed by atoms with Gasteiger partial charge in [0.2, 0.25) is 0 Å². The van der Waals surface area contributed by atoms with Crippen molar-refractivity contribution in [2.24, 2.45) is 0 Å². The van der Waals surface area contributed by atoms with Gasteiger partial charge in [-0.15, -0.1) is 11.3 Å². The average Bonchev–Trinajstić information content (AvgIpc) is 3.44. The molecule has 2 heterocycles. The van der Waals surface area contributed by atoms with Crippen molar-refractivity contribution in [3.63, 3.8) is 0 Å². The maximum atomic E-state index is 5.15. The van der Waals surface area contributed by atoms with E-state index < -0.39 is 0 Å². The largest absolute Gasteiger partial charge is 0.244 e. The molecule has 2 nitrogen and oxygen atoms in total. The molecule has 0 radical (unpaired) electrons. The molecular formula is C38H22N2S. The number of hydrogen-bond donors (Lipinski definition) is 0. The maximum absolute atomic E-state index is 5.15. The highest BCUT2D eigenvalue weighted by Crippen LogP contribution is 2.46. The molecule has 0 aliphatic carbocycles. The lowest BCUT2D eigenvalue weighted by Crippen LogP contribution is -1.95. The van der Waals surface area contributed by atoms with Crippen LogP contribution in [0.3, 0.4) is 0 Å². The van der Waals surface area contributed by atoms with E-state index in [4.69, 9.17) is 9.97 Å².